The van der Waals surface area contributed by atoms with Crippen molar-refractivity contribution >= 4 is 39.1 Å². The highest BCUT2D eigenvalue weighted by molar-refractivity contribution is 9.10. The number of halogens is 1. The molecule has 1 rings (SSSR count). The van der Waals surface area contributed by atoms with E-state index in [0.717, 1.165) is 16.8 Å². The minimum absolute atomic E-state index is 0.137. The second kappa shape index (κ2) is 6.10. The average molecular weight is 305 g/mol. The smallest absolute Gasteiger partial charge is 0.293 e. The highest BCUT2D eigenvalue weighted by Crippen LogP contribution is 2.30. The highest BCUT2D eigenvalue weighted by atomic mass is 79.9. The third-order valence-electron chi connectivity index (χ3n) is 2.18. The lowest BCUT2D eigenvalue weighted by Gasteiger charge is -2.18. The van der Waals surface area contributed by atoms with Gasteiger partial charge in [0.1, 0.15) is 5.69 Å². The summed E-state index contributed by atoms with van der Waals surface area (Å²) in [5.41, 5.74) is 0.792. The largest absolute Gasteiger partial charge is 0.368 e. The average Bonchev–Trinajstić information content (AvgIpc) is 2.25. The summed E-state index contributed by atoms with van der Waals surface area (Å²) in [7, 11) is 1.87. The van der Waals surface area contributed by atoms with E-state index >= 15 is 0 Å². The van der Waals surface area contributed by atoms with E-state index in [2.05, 4.69) is 15.9 Å². The van der Waals surface area contributed by atoms with Crippen LogP contribution in [-0.2, 0) is 0 Å². The second-order valence-electron chi connectivity index (χ2n) is 3.30. The molecule has 0 radical (unpaired) electrons. The molecule has 0 heterocycles. The number of thioether (sulfide) groups is 1. The quantitative estimate of drug-likeness (QED) is 0.619. The van der Waals surface area contributed by atoms with Crippen LogP contribution in [0.2, 0.25) is 0 Å². The van der Waals surface area contributed by atoms with E-state index in [-0.39, 0.29) is 10.6 Å². The van der Waals surface area contributed by atoms with Crippen molar-refractivity contribution in [2.45, 2.75) is 0 Å². The zero-order valence-corrected chi connectivity index (χ0v) is 11.5. The number of anilines is 1. The molecule has 0 aliphatic heterocycles. The monoisotopic (exact) mass is 304 g/mol. The topological polar surface area (TPSA) is 46.4 Å². The predicted octanol–water partition coefficient (Wildman–Crippen LogP) is 3.16. The molecule has 0 unspecified atom stereocenters. The first-order chi connectivity index (χ1) is 7.56. The molecule has 0 saturated heterocycles. The summed E-state index contributed by atoms with van der Waals surface area (Å²) in [4.78, 5) is 12.5. The molecule has 16 heavy (non-hydrogen) atoms. The van der Waals surface area contributed by atoms with Crippen LogP contribution in [0.15, 0.2) is 22.7 Å². The number of nitro groups is 1. The fourth-order valence-corrected chi connectivity index (χ4v) is 2.12. The number of rotatable bonds is 5. The van der Waals surface area contributed by atoms with Crippen molar-refractivity contribution in [1.82, 2.24) is 0 Å². The summed E-state index contributed by atoms with van der Waals surface area (Å²) < 4.78 is 0.723. The van der Waals surface area contributed by atoms with Crippen LogP contribution in [-0.4, -0.2) is 30.5 Å². The molecular formula is C10H13BrN2O2S. The van der Waals surface area contributed by atoms with Gasteiger partial charge in [-0.15, -0.1) is 0 Å². The molecule has 6 heteroatoms. The van der Waals surface area contributed by atoms with Crippen LogP contribution >= 0.6 is 27.7 Å². The maximum absolute atomic E-state index is 10.9. The zero-order valence-electron chi connectivity index (χ0n) is 9.14. The van der Waals surface area contributed by atoms with Gasteiger partial charge in [-0.1, -0.05) is 15.9 Å². The summed E-state index contributed by atoms with van der Waals surface area (Å²) in [6.07, 6.45) is 2.02. The van der Waals surface area contributed by atoms with E-state index in [1.54, 1.807) is 17.8 Å². The second-order valence-corrected chi connectivity index (χ2v) is 5.21. The molecule has 0 bridgehead atoms. The van der Waals surface area contributed by atoms with Gasteiger partial charge in [-0.2, -0.15) is 11.8 Å². The summed E-state index contributed by atoms with van der Waals surface area (Å²) >= 11 is 4.96. The summed E-state index contributed by atoms with van der Waals surface area (Å²) in [5.74, 6) is 0.948. The number of hydrogen-bond donors (Lipinski definition) is 0. The van der Waals surface area contributed by atoms with Crippen LogP contribution in [0.4, 0.5) is 11.4 Å². The van der Waals surface area contributed by atoms with Crippen LogP contribution in [0.25, 0.3) is 0 Å². The van der Waals surface area contributed by atoms with Gasteiger partial charge in [-0.3, -0.25) is 10.1 Å². The number of hydrogen-bond acceptors (Lipinski definition) is 4. The molecule has 4 nitrogen and oxygen atoms in total. The molecule has 1 aromatic rings. The van der Waals surface area contributed by atoms with Crippen molar-refractivity contribution in [2.24, 2.45) is 0 Å². The van der Waals surface area contributed by atoms with Crippen LogP contribution in [0.5, 0.6) is 0 Å². The van der Waals surface area contributed by atoms with Crippen molar-refractivity contribution in [2.75, 3.05) is 30.5 Å². The Kier molecular flexibility index (Phi) is 5.08. The van der Waals surface area contributed by atoms with Crippen molar-refractivity contribution in [3.05, 3.63) is 32.8 Å². The Morgan fingerprint density at radius 1 is 1.56 bits per heavy atom. The van der Waals surface area contributed by atoms with Crippen molar-refractivity contribution in [3.8, 4) is 0 Å². The van der Waals surface area contributed by atoms with Gasteiger partial charge >= 0.3 is 0 Å². The molecule has 0 amide bonds. The van der Waals surface area contributed by atoms with Crippen molar-refractivity contribution in [3.63, 3.8) is 0 Å². The Hall–Kier alpha value is -0.750. The van der Waals surface area contributed by atoms with Gasteiger partial charge in [-0.05, 0) is 18.4 Å². The lowest BCUT2D eigenvalue weighted by atomic mass is 10.2. The molecule has 0 fully saturated rings. The summed E-state index contributed by atoms with van der Waals surface area (Å²) in [6, 6.07) is 5.12. The minimum atomic E-state index is -0.352. The van der Waals surface area contributed by atoms with Gasteiger partial charge in [0.25, 0.3) is 5.69 Å². The maximum atomic E-state index is 10.9. The molecule has 0 aliphatic rings. The van der Waals surface area contributed by atoms with Crippen LogP contribution in [0.3, 0.4) is 0 Å². The molecule has 0 aromatic heterocycles. The molecule has 0 saturated carbocycles. The van der Waals surface area contributed by atoms with Crippen LogP contribution in [0.1, 0.15) is 0 Å². The van der Waals surface area contributed by atoms with Gasteiger partial charge in [0.15, 0.2) is 0 Å². The molecule has 0 aliphatic carbocycles. The van der Waals surface area contributed by atoms with Crippen LogP contribution < -0.4 is 4.90 Å². The Bertz CT molecular complexity index is 387. The van der Waals surface area contributed by atoms with E-state index < -0.39 is 0 Å². The third-order valence-corrected chi connectivity index (χ3v) is 3.26. The SMILES string of the molecule is CSCCN(C)c1ccc(Br)cc1[N+](=O)[O-]. The normalized spacial score (nSPS) is 10.2. The molecule has 0 spiro atoms. The molecular weight excluding hydrogens is 292 g/mol. The Morgan fingerprint density at radius 2 is 2.25 bits per heavy atom. The summed E-state index contributed by atoms with van der Waals surface area (Å²) in [6.45, 7) is 0.795. The summed E-state index contributed by atoms with van der Waals surface area (Å²) in [5, 5.41) is 10.9. The standard InChI is InChI=1S/C10H13BrN2O2S/c1-12(5-6-16-2)9-4-3-8(11)7-10(9)13(14)15/h3-4,7H,5-6H2,1-2H3. The Morgan fingerprint density at radius 3 is 2.81 bits per heavy atom. The lowest BCUT2D eigenvalue weighted by Crippen LogP contribution is -2.21. The number of nitro benzene ring substituents is 1. The maximum Gasteiger partial charge on any atom is 0.293 e. The fourth-order valence-electron chi connectivity index (χ4n) is 1.31. The minimum Gasteiger partial charge on any atom is -0.368 e. The van der Waals surface area contributed by atoms with E-state index in [1.165, 1.54) is 6.07 Å². The first-order valence-electron chi connectivity index (χ1n) is 4.70. The van der Waals surface area contributed by atoms with Gasteiger partial charge in [0.2, 0.25) is 0 Å². The molecule has 0 N–H and O–H groups in total. The number of benzene rings is 1. The lowest BCUT2D eigenvalue weighted by molar-refractivity contribution is -0.384. The van der Waals surface area contributed by atoms with Crippen LogP contribution in [0, 0.1) is 10.1 Å². The van der Waals surface area contributed by atoms with E-state index in [9.17, 15) is 10.1 Å². The number of nitrogens with zero attached hydrogens (tertiary/aromatic N) is 2. The molecule has 88 valence electrons. The van der Waals surface area contributed by atoms with Gasteiger partial charge in [0.05, 0.1) is 4.92 Å². The predicted molar refractivity (Wildman–Crippen MR) is 72.4 cm³/mol. The van der Waals surface area contributed by atoms with Gasteiger partial charge in [-0.25, -0.2) is 0 Å². The van der Waals surface area contributed by atoms with Gasteiger partial charge in [0, 0.05) is 29.9 Å². The Balaban J connectivity index is 2.98. The fraction of sp³-hybridized carbons (Fsp3) is 0.400. The molecule has 0 atom stereocenters. The third kappa shape index (κ3) is 3.38. The van der Waals surface area contributed by atoms with E-state index in [4.69, 9.17) is 0 Å². The van der Waals surface area contributed by atoms with Crippen molar-refractivity contribution in [1.29, 1.82) is 0 Å². The molecule has 1 aromatic carbocycles. The van der Waals surface area contributed by atoms with Gasteiger partial charge < -0.3 is 4.90 Å². The first-order valence-corrected chi connectivity index (χ1v) is 6.89. The zero-order chi connectivity index (χ0) is 12.1. The first kappa shape index (κ1) is 13.3. The highest BCUT2D eigenvalue weighted by Gasteiger charge is 2.16. The van der Waals surface area contributed by atoms with Crippen molar-refractivity contribution < 1.29 is 4.92 Å². The van der Waals surface area contributed by atoms with E-state index in [1.807, 2.05) is 24.3 Å². The van der Waals surface area contributed by atoms with E-state index in [0.29, 0.717) is 5.69 Å². The Labute approximate surface area is 107 Å².